The first-order chi connectivity index (χ1) is 8.14. The normalized spacial score (nSPS) is 20.9. The Morgan fingerprint density at radius 3 is 2.65 bits per heavy atom. The van der Waals surface area contributed by atoms with Gasteiger partial charge >= 0.3 is 0 Å². The molecule has 3 nitrogen and oxygen atoms in total. The molecule has 2 fully saturated rings. The van der Waals surface area contributed by atoms with E-state index in [0.717, 1.165) is 12.5 Å². The number of nitrogens with zero attached hydrogens (tertiary/aromatic N) is 1. The minimum Gasteiger partial charge on any atom is -0.376 e. The molecular weight excluding hydrogens is 228 g/mol. The molecule has 1 spiro atoms. The van der Waals surface area contributed by atoms with E-state index in [1.54, 1.807) is 4.90 Å². The molecule has 0 aromatic heterocycles. The van der Waals surface area contributed by atoms with E-state index in [2.05, 4.69) is 0 Å². The van der Waals surface area contributed by atoms with Crippen LogP contribution in [0.2, 0.25) is 0 Å². The molecule has 5 heteroatoms. The number of ether oxygens (including phenoxy) is 1. The first kappa shape index (κ1) is 10.7. The van der Waals surface area contributed by atoms with Crippen molar-refractivity contribution < 1.29 is 18.3 Å². The van der Waals surface area contributed by atoms with Crippen molar-refractivity contribution in [1.82, 2.24) is 4.90 Å². The topological polar surface area (TPSA) is 29.5 Å². The average Bonchev–Trinajstić information content (AvgIpc) is 2.18. The number of carbonyl (C=O) groups is 1. The Morgan fingerprint density at radius 2 is 2.12 bits per heavy atom. The summed E-state index contributed by atoms with van der Waals surface area (Å²) >= 11 is 0. The largest absolute Gasteiger partial charge is 0.376 e. The van der Waals surface area contributed by atoms with Crippen LogP contribution >= 0.6 is 0 Å². The SMILES string of the molecule is O=C(c1cccc(F)c1F)N1CCC12COC2. The van der Waals surface area contributed by atoms with E-state index in [9.17, 15) is 13.6 Å². The van der Waals surface area contributed by atoms with Crippen molar-refractivity contribution in [2.45, 2.75) is 12.0 Å². The third-order valence-corrected chi connectivity index (χ3v) is 3.54. The van der Waals surface area contributed by atoms with Gasteiger partial charge in [0.05, 0.1) is 24.3 Å². The van der Waals surface area contributed by atoms with Crippen LogP contribution in [0.3, 0.4) is 0 Å². The van der Waals surface area contributed by atoms with Gasteiger partial charge in [-0.25, -0.2) is 8.78 Å². The van der Waals surface area contributed by atoms with Crippen LogP contribution in [0.15, 0.2) is 18.2 Å². The van der Waals surface area contributed by atoms with Gasteiger partial charge in [-0.1, -0.05) is 6.07 Å². The lowest BCUT2D eigenvalue weighted by Gasteiger charge is -2.57. The fraction of sp³-hybridized carbons (Fsp3) is 0.417. The van der Waals surface area contributed by atoms with Crippen LogP contribution in [-0.4, -0.2) is 36.1 Å². The molecule has 1 aromatic carbocycles. The summed E-state index contributed by atoms with van der Waals surface area (Å²) in [6.07, 6.45) is 0.871. The van der Waals surface area contributed by atoms with Gasteiger partial charge in [0.25, 0.3) is 5.91 Å². The van der Waals surface area contributed by atoms with E-state index in [-0.39, 0.29) is 11.1 Å². The molecule has 1 aromatic rings. The van der Waals surface area contributed by atoms with Crippen molar-refractivity contribution in [2.75, 3.05) is 19.8 Å². The van der Waals surface area contributed by atoms with Crippen molar-refractivity contribution in [1.29, 1.82) is 0 Å². The number of likely N-dealkylation sites (tertiary alicyclic amines) is 1. The van der Waals surface area contributed by atoms with Gasteiger partial charge in [-0.3, -0.25) is 4.79 Å². The van der Waals surface area contributed by atoms with Crippen LogP contribution in [0.4, 0.5) is 8.78 Å². The van der Waals surface area contributed by atoms with Crippen LogP contribution in [-0.2, 0) is 4.74 Å². The van der Waals surface area contributed by atoms with E-state index in [1.165, 1.54) is 12.1 Å². The lowest BCUT2D eigenvalue weighted by atomic mass is 9.82. The summed E-state index contributed by atoms with van der Waals surface area (Å²) in [4.78, 5) is 13.6. The molecule has 0 bridgehead atoms. The Balaban J connectivity index is 1.89. The van der Waals surface area contributed by atoms with E-state index < -0.39 is 17.5 Å². The Morgan fingerprint density at radius 1 is 1.35 bits per heavy atom. The second kappa shape index (κ2) is 3.50. The highest BCUT2D eigenvalue weighted by Crippen LogP contribution is 2.38. The second-order valence-corrected chi connectivity index (χ2v) is 4.53. The maximum absolute atomic E-state index is 13.5. The Hall–Kier alpha value is -1.49. The standard InChI is InChI=1S/C12H11F2NO2/c13-9-3-1-2-8(10(9)14)11(16)15-5-4-12(15)6-17-7-12/h1-3H,4-7H2. The number of carbonyl (C=O) groups excluding carboxylic acids is 1. The van der Waals surface area contributed by atoms with Crippen molar-refractivity contribution in [2.24, 2.45) is 0 Å². The highest BCUT2D eigenvalue weighted by Gasteiger charge is 2.53. The van der Waals surface area contributed by atoms with Crippen molar-refractivity contribution >= 4 is 5.91 Å². The molecule has 2 saturated heterocycles. The van der Waals surface area contributed by atoms with E-state index >= 15 is 0 Å². The van der Waals surface area contributed by atoms with Crippen LogP contribution in [0, 0.1) is 11.6 Å². The number of benzene rings is 1. The number of hydrogen-bond acceptors (Lipinski definition) is 2. The van der Waals surface area contributed by atoms with E-state index in [4.69, 9.17) is 4.74 Å². The van der Waals surface area contributed by atoms with Gasteiger partial charge < -0.3 is 9.64 Å². The summed E-state index contributed by atoms with van der Waals surface area (Å²) in [5.74, 6) is -2.51. The monoisotopic (exact) mass is 239 g/mol. The Kier molecular flexibility index (Phi) is 2.19. The predicted octanol–water partition coefficient (Wildman–Crippen LogP) is 1.58. The molecule has 1 amide bonds. The van der Waals surface area contributed by atoms with Crippen LogP contribution in [0.25, 0.3) is 0 Å². The first-order valence-corrected chi connectivity index (χ1v) is 5.48. The number of halogens is 2. The summed E-state index contributed by atoms with van der Waals surface area (Å²) < 4.78 is 31.6. The summed E-state index contributed by atoms with van der Waals surface area (Å²) in [6.45, 7) is 1.57. The lowest BCUT2D eigenvalue weighted by Crippen LogP contribution is -2.72. The fourth-order valence-electron chi connectivity index (χ4n) is 2.31. The van der Waals surface area contributed by atoms with Gasteiger partial charge in [0.2, 0.25) is 0 Å². The molecule has 2 aliphatic heterocycles. The van der Waals surface area contributed by atoms with Crippen molar-refractivity contribution in [3.8, 4) is 0 Å². The molecule has 0 unspecified atom stereocenters. The second-order valence-electron chi connectivity index (χ2n) is 4.53. The van der Waals surface area contributed by atoms with Gasteiger partial charge in [0, 0.05) is 6.54 Å². The molecule has 0 atom stereocenters. The summed E-state index contributed by atoms with van der Waals surface area (Å²) in [6, 6.07) is 3.66. The number of amides is 1. The fourth-order valence-corrected chi connectivity index (χ4v) is 2.31. The molecule has 2 aliphatic rings. The van der Waals surface area contributed by atoms with Gasteiger partial charge in [-0.15, -0.1) is 0 Å². The van der Waals surface area contributed by atoms with Gasteiger partial charge in [0.15, 0.2) is 11.6 Å². The minimum atomic E-state index is -1.07. The third-order valence-electron chi connectivity index (χ3n) is 3.54. The zero-order valence-electron chi connectivity index (χ0n) is 9.08. The van der Waals surface area contributed by atoms with Crippen molar-refractivity contribution in [3.05, 3.63) is 35.4 Å². The zero-order valence-corrected chi connectivity index (χ0v) is 9.08. The predicted molar refractivity (Wildman–Crippen MR) is 55.6 cm³/mol. The Labute approximate surface area is 97.0 Å². The van der Waals surface area contributed by atoms with Gasteiger partial charge in [-0.05, 0) is 18.6 Å². The number of hydrogen-bond donors (Lipinski definition) is 0. The maximum atomic E-state index is 13.5. The van der Waals surface area contributed by atoms with E-state index in [1.807, 2.05) is 0 Å². The summed E-state index contributed by atoms with van der Waals surface area (Å²) in [7, 11) is 0. The minimum absolute atomic E-state index is 0.198. The maximum Gasteiger partial charge on any atom is 0.257 e. The lowest BCUT2D eigenvalue weighted by molar-refractivity contribution is -0.172. The molecule has 0 N–H and O–H groups in total. The van der Waals surface area contributed by atoms with Gasteiger partial charge in [-0.2, -0.15) is 0 Å². The van der Waals surface area contributed by atoms with Gasteiger partial charge in [0.1, 0.15) is 0 Å². The van der Waals surface area contributed by atoms with Crippen molar-refractivity contribution in [3.63, 3.8) is 0 Å². The van der Waals surface area contributed by atoms with Crippen LogP contribution in [0.5, 0.6) is 0 Å². The zero-order chi connectivity index (χ0) is 12.0. The number of rotatable bonds is 1. The quantitative estimate of drug-likeness (QED) is 0.744. The smallest absolute Gasteiger partial charge is 0.257 e. The molecular formula is C12H11F2NO2. The third kappa shape index (κ3) is 1.38. The molecule has 0 aliphatic carbocycles. The molecule has 3 rings (SSSR count). The van der Waals surface area contributed by atoms with E-state index in [0.29, 0.717) is 19.8 Å². The first-order valence-electron chi connectivity index (χ1n) is 5.48. The molecule has 0 radical (unpaired) electrons. The molecule has 0 saturated carbocycles. The molecule has 2 heterocycles. The average molecular weight is 239 g/mol. The highest BCUT2D eigenvalue weighted by atomic mass is 19.2. The molecule has 17 heavy (non-hydrogen) atoms. The molecule has 90 valence electrons. The highest BCUT2D eigenvalue weighted by molar-refractivity contribution is 5.95. The van der Waals surface area contributed by atoms with Crippen LogP contribution < -0.4 is 0 Å². The Bertz CT molecular complexity index is 480. The summed E-state index contributed by atoms with van der Waals surface area (Å²) in [5.41, 5.74) is -0.452. The van der Waals surface area contributed by atoms with Crippen LogP contribution in [0.1, 0.15) is 16.8 Å². The summed E-state index contributed by atoms with van der Waals surface area (Å²) in [5, 5.41) is 0.